The predicted octanol–water partition coefficient (Wildman–Crippen LogP) is 16.7. The van der Waals surface area contributed by atoms with Crippen molar-refractivity contribution in [3.63, 3.8) is 0 Å². The molecule has 6 fully saturated rings. The van der Waals surface area contributed by atoms with E-state index in [1.807, 2.05) is 55.1 Å². The first-order chi connectivity index (χ1) is 50.5. The number of piperidine rings is 2. The predicted molar refractivity (Wildman–Crippen MR) is 419 cm³/mol. The Bertz CT molecular complexity index is 5170. The Morgan fingerprint density at radius 3 is 1.40 bits per heavy atom. The number of carbonyl (C=O) groups excluding carboxylic acids is 4. The molecule has 0 radical (unpaired) electrons. The van der Waals surface area contributed by atoms with Crippen molar-refractivity contribution in [2.45, 2.75) is 224 Å². The van der Waals surface area contributed by atoms with Crippen LogP contribution in [0, 0.1) is 10.8 Å². The van der Waals surface area contributed by atoms with Gasteiger partial charge in [0.15, 0.2) is 0 Å². The van der Waals surface area contributed by atoms with Crippen LogP contribution in [-0.4, -0.2) is 125 Å². The van der Waals surface area contributed by atoms with E-state index >= 15 is 4.79 Å². The molecule has 4 aliphatic carbocycles. The van der Waals surface area contributed by atoms with Gasteiger partial charge in [0.2, 0.25) is 43.6 Å². The Labute approximate surface area is 629 Å². The van der Waals surface area contributed by atoms with Crippen molar-refractivity contribution in [1.29, 1.82) is 0 Å². The Morgan fingerprint density at radius 1 is 0.523 bits per heavy atom. The van der Waals surface area contributed by atoms with Crippen LogP contribution in [0.5, 0.6) is 11.5 Å². The van der Waals surface area contributed by atoms with Crippen molar-refractivity contribution in [2.24, 2.45) is 10.8 Å². The van der Waals surface area contributed by atoms with Crippen LogP contribution in [0.3, 0.4) is 0 Å². The van der Waals surface area contributed by atoms with Crippen molar-refractivity contribution in [3.8, 4) is 34.0 Å². The van der Waals surface area contributed by atoms with E-state index in [2.05, 4.69) is 93.4 Å². The molecule has 5 aromatic carbocycles. The number of aromatic nitrogens is 5. The normalized spacial score (nSPS) is 21.7. The number of para-hydroxylation sites is 1. The molecule has 8 aliphatic rings. The van der Waals surface area contributed by atoms with E-state index in [1.165, 1.54) is 47.8 Å². The van der Waals surface area contributed by atoms with Crippen LogP contribution in [-0.2, 0) is 42.7 Å². The second-order valence-corrected chi connectivity index (χ2v) is 36.6. The highest BCUT2D eigenvalue weighted by Crippen LogP contribution is 2.68. The summed E-state index contributed by atoms with van der Waals surface area (Å²) in [5.74, 6) is 3.36. The molecular weight excluding hydrogens is 1390 g/mol. The lowest BCUT2D eigenvalue weighted by molar-refractivity contribution is -0.139. The molecule has 0 bridgehead atoms. The fraction of sp³-hybridized carbons (Fsp3) is 0.506. The zero-order chi connectivity index (χ0) is 73.2. The smallest absolute Gasteiger partial charge is 0.264 e. The number of methoxy groups -OCH3 is 2. The van der Waals surface area contributed by atoms with Gasteiger partial charge in [-0.25, -0.2) is 26.3 Å². The third-order valence-electron chi connectivity index (χ3n) is 25.1. The number of nitrogens with one attached hydrogen (secondary N) is 3. The van der Waals surface area contributed by atoms with E-state index in [1.54, 1.807) is 54.0 Å². The molecule has 4 aromatic heterocycles. The van der Waals surface area contributed by atoms with Gasteiger partial charge in [-0.15, -0.1) is 10.2 Å². The third-order valence-corrected chi connectivity index (χ3v) is 28.5. The summed E-state index contributed by atoms with van der Waals surface area (Å²) in [5.41, 5.74) is 12.9. The number of likely N-dealkylation sites (tertiary alicyclic amines) is 2. The number of nitrogens with zero attached hydrogens (tertiary/aromatic N) is 6. The molecule has 17 rings (SSSR count). The van der Waals surface area contributed by atoms with Gasteiger partial charge in [0, 0.05) is 124 Å². The van der Waals surface area contributed by atoms with Crippen molar-refractivity contribution >= 4 is 76.4 Å². The van der Waals surface area contributed by atoms with Gasteiger partial charge in [0.1, 0.15) is 11.5 Å². The van der Waals surface area contributed by atoms with Crippen LogP contribution in [0.4, 0.5) is 0 Å². The second kappa shape index (κ2) is 29.0. The molecule has 4 unspecified atom stereocenters. The SMILES string of the molecule is C.C.COc1ccc2c(c1)C1CC1(C(=O)N1CCC(c3c[nH]c4ccccc34)CC1)Cn1c-2c(C2CCCCC2)c2ccc(C(=O)NS(=O)(=O)C(C)C)cc21.COc1ccc2c(c1)C1CC1(C(=O)N1CCC(c3nnc(C(C)C)o3)CC1)Cn1c-2c(C2CCCCC2)c2ccc(C(=O)NS(=O)(=O)C(C)C)cc21. The van der Waals surface area contributed by atoms with Crippen molar-refractivity contribution < 1.29 is 49.9 Å². The maximum absolute atomic E-state index is 15.0. The molecule has 8 heterocycles. The average molecular weight is 1490 g/mol. The van der Waals surface area contributed by atoms with Gasteiger partial charge in [0.05, 0.1) is 46.9 Å². The number of carbonyl (C=O) groups is 4. The van der Waals surface area contributed by atoms with Crippen molar-refractivity contribution in [3.05, 3.63) is 154 Å². The lowest BCUT2D eigenvalue weighted by atomic mass is 9.81. The van der Waals surface area contributed by atoms with E-state index in [0.29, 0.717) is 74.4 Å². The van der Waals surface area contributed by atoms with Crippen LogP contribution in [0.2, 0.25) is 0 Å². The zero-order valence-electron chi connectivity index (χ0n) is 61.6. The molecule has 107 heavy (non-hydrogen) atoms. The number of benzene rings is 5. The first-order valence-electron chi connectivity index (χ1n) is 38.3. The van der Waals surface area contributed by atoms with Gasteiger partial charge < -0.3 is 37.8 Å². The molecule has 4 amide bonds. The second-order valence-electron chi connectivity index (χ2n) is 32.2. The lowest BCUT2D eigenvalue weighted by Gasteiger charge is -2.35. The number of hydrogen-bond donors (Lipinski definition) is 3. The summed E-state index contributed by atoms with van der Waals surface area (Å²) >= 11 is 0. The first-order valence-corrected chi connectivity index (χ1v) is 41.4. The largest absolute Gasteiger partial charge is 0.497 e. The van der Waals surface area contributed by atoms with Crippen molar-refractivity contribution in [2.75, 3.05) is 40.4 Å². The minimum atomic E-state index is -3.82. The summed E-state index contributed by atoms with van der Waals surface area (Å²) in [6.07, 6.45) is 18.4. The summed E-state index contributed by atoms with van der Waals surface area (Å²) in [6, 6.07) is 32.2. The Kier molecular flexibility index (Phi) is 20.3. The van der Waals surface area contributed by atoms with E-state index in [-0.39, 0.29) is 55.9 Å². The van der Waals surface area contributed by atoms with E-state index in [9.17, 15) is 31.2 Å². The molecular formula is C85H105N9O11S2. The van der Waals surface area contributed by atoms with E-state index < -0.39 is 53.2 Å². The molecule has 4 atom stereocenters. The number of fused-ring (bicyclic) bond motifs is 15. The maximum atomic E-state index is 15.0. The van der Waals surface area contributed by atoms with Crippen LogP contribution >= 0.6 is 0 Å². The molecule has 22 heteroatoms. The lowest BCUT2D eigenvalue weighted by Crippen LogP contribution is -2.44. The van der Waals surface area contributed by atoms with Gasteiger partial charge in [-0.1, -0.05) is 97.6 Å². The van der Waals surface area contributed by atoms with Crippen LogP contribution < -0.4 is 18.9 Å². The monoisotopic (exact) mass is 1490 g/mol. The molecule has 2 saturated heterocycles. The number of sulfonamides is 2. The fourth-order valence-corrected chi connectivity index (χ4v) is 20.1. The van der Waals surface area contributed by atoms with Gasteiger partial charge in [-0.3, -0.25) is 19.2 Å². The first kappa shape index (κ1) is 75.1. The zero-order valence-corrected chi connectivity index (χ0v) is 63.2. The molecule has 3 N–H and O–H groups in total. The van der Waals surface area contributed by atoms with Crippen LogP contribution in [0.15, 0.2) is 108 Å². The molecule has 568 valence electrons. The highest BCUT2D eigenvalue weighted by atomic mass is 32.2. The van der Waals surface area contributed by atoms with Gasteiger partial charge in [0.25, 0.3) is 11.8 Å². The third kappa shape index (κ3) is 13.2. The Balaban J connectivity index is 0.000000176. The molecule has 20 nitrogen and oxygen atoms in total. The fourth-order valence-electron chi connectivity index (χ4n) is 18.9. The minimum Gasteiger partial charge on any atom is -0.497 e. The highest BCUT2D eigenvalue weighted by Gasteiger charge is 2.65. The number of H-pyrrole nitrogens is 1. The van der Waals surface area contributed by atoms with E-state index in [4.69, 9.17) is 13.9 Å². The molecule has 0 spiro atoms. The highest BCUT2D eigenvalue weighted by molar-refractivity contribution is 7.90. The summed E-state index contributed by atoms with van der Waals surface area (Å²) < 4.78 is 77.5. The summed E-state index contributed by atoms with van der Waals surface area (Å²) in [6.45, 7) is 13.9. The van der Waals surface area contributed by atoms with E-state index in [0.717, 1.165) is 150 Å². The molecule has 4 saturated carbocycles. The quantitative estimate of drug-likeness (QED) is 0.0865. The molecule has 4 aliphatic heterocycles. The van der Waals surface area contributed by atoms with Crippen LogP contribution in [0.1, 0.15) is 261 Å². The molecule has 9 aromatic rings. The van der Waals surface area contributed by atoms with Gasteiger partial charge in [-0.05, 0) is 204 Å². The number of rotatable bonds is 15. The maximum Gasteiger partial charge on any atom is 0.264 e. The minimum absolute atomic E-state index is 0. The Morgan fingerprint density at radius 2 is 0.972 bits per heavy atom. The number of amides is 4. The number of ether oxygens (including phenoxy) is 2. The number of aromatic amines is 1. The standard InChI is InChI=1S/C43H48N4O5S.C40H49N5O6S.2CH4/c1-26(2)53(50,51)45-41(48)29-13-15-33-38(21-29)47-25-43(42(49)46-19-17-27(18-20-46)35-24-44-37-12-8-7-11-31(35)37)23-36(43)34-22-30(52-3)14-16-32(34)40(47)39(33)28-9-5-4-6-10-28;1-23(2)37-41-42-38(51-37)26-15-17-44(18-16-26)39(47)40-21-32(40)31-20-28(50-5)12-14-29(31)35-34(25-9-7-6-8-10-25)30-13-11-27(19-33(30)45(35)22-40)36(46)43-52(48,49)24(3)4;;/h7-8,11-16,21-22,24,26-28,36,44H,4-6,9-10,17-20,23,25H2,1-3H3,(H,45,48);11-14,19-20,23-26,32H,6-10,15-18,21-22H2,1-5H3,(H,43,46);2*1H4. The Hall–Kier alpha value is -8.76. The van der Waals surface area contributed by atoms with Crippen molar-refractivity contribution in [1.82, 2.24) is 43.6 Å². The van der Waals surface area contributed by atoms with Crippen LogP contribution in [0.25, 0.3) is 55.2 Å². The van der Waals surface area contributed by atoms with Gasteiger partial charge in [-0.2, -0.15) is 0 Å². The summed E-state index contributed by atoms with van der Waals surface area (Å²) in [4.78, 5) is 64.5. The average Bonchev–Trinajstić information content (AvgIpc) is 1.53. The van der Waals surface area contributed by atoms with Gasteiger partial charge >= 0.3 is 0 Å². The topological polar surface area (TPSA) is 250 Å². The summed E-state index contributed by atoms with van der Waals surface area (Å²) in [7, 11) is -4.27. The number of hydrogen-bond acceptors (Lipinski definition) is 13. The summed E-state index contributed by atoms with van der Waals surface area (Å²) in [5, 5.41) is 10.5.